The fourth-order valence-corrected chi connectivity index (χ4v) is 4.37. The van der Waals surface area contributed by atoms with Crippen LogP contribution in [0, 0.1) is 0 Å². The van der Waals surface area contributed by atoms with Crippen LogP contribution in [0.25, 0.3) is 11.1 Å². The van der Waals surface area contributed by atoms with Crippen molar-refractivity contribution in [3.8, 4) is 17.2 Å². The van der Waals surface area contributed by atoms with E-state index in [1.54, 1.807) is 21.3 Å². The van der Waals surface area contributed by atoms with E-state index in [0.717, 1.165) is 30.2 Å². The maximum atomic E-state index is 5.55. The average molecular weight is 365 g/mol. The van der Waals surface area contributed by atoms with Gasteiger partial charge in [-0.3, -0.25) is 4.90 Å². The first-order chi connectivity index (χ1) is 13.2. The van der Waals surface area contributed by atoms with Crippen LogP contribution < -0.4 is 14.2 Å². The summed E-state index contributed by atoms with van der Waals surface area (Å²) in [4.78, 5) is 2.62. The standard InChI is InChI=1S/C23H27NO3/c1-25-19-9-6-16(7-10-19)20-14-18-5-4-12-24(18)15-21(20)17-8-11-22(26-2)23(13-17)27-3/h6-11,13,18H,4-5,12,14-15H2,1-3H3. The van der Waals surface area contributed by atoms with E-state index in [2.05, 4.69) is 41.3 Å². The lowest BCUT2D eigenvalue weighted by Gasteiger charge is -2.34. The van der Waals surface area contributed by atoms with Crippen molar-refractivity contribution in [1.29, 1.82) is 0 Å². The van der Waals surface area contributed by atoms with Crippen LogP contribution in [0.4, 0.5) is 0 Å². The Hall–Kier alpha value is -2.46. The van der Waals surface area contributed by atoms with Gasteiger partial charge in [-0.2, -0.15) is 0 Å². The van der Waals surface area contributed by atoms with Crippen molar-refractivity contribution in [2.24, 2.45) is 0 Å². The molecule has 0 N–H and O–H groups in total. The highest BCUT2D eigenvalue weighted by atomic mass is 16.5. The number of fused-ring (bicyclic) bond motifs is 1. The molecule has 1 unspecified atom stereocenters. The quantitative estimate of drug-likeness (QED) is 0.781. The summed E-state index contributed by atoms with van der Waals surface area (Å²) in [6.07, 6.45) is 3.68. The van der Waals surface area contributed by atoms with Crippen molar-refractivity contribution in [2.45, 2.75) is 25.3 Å². The largest absolute Gasteiger partial charge is 0.497 e. The third-order valence-corrected chi connectivity index (χ3v) is 5.83. The maximum absolute atomic E-state index is 5.55. The minimum atomic E-state index is 0.658. The van der Waals surface area contributed by atoms with Gasteiger partial charge in [-0.1, -0.05) is 18.2 Å². The summed E-state index contributed by atoms with van der Waals surface area (Å²) >= 11 is 0. The van der Waals surface area contributed by atoms with Crippen molar-refractivity contribution < 1.29 is 14.2 Å². The van der Waals surface area contributed by atoms with E-state index in [1.165, 1.54) is 41.7 Å². The molecule has 1 atom stereocenters. The first-order valence-corrected chi connectivity index (χ1v) is 9.56. The van der Waals surface area contributed by atoms with Crippen molar-refractivity contribution >= 4 is 11.1 Å². The zero-order chi connectivity index (χ0) is 18.8. The van der Waals surface area contributed by atoms with Gasteiger partial charge in [-0.25, -0.2) is 0 Å². The van der Waals surface area contributed by atoms with Crippen molar-refractivity contribution in [1.82, 2.24) is 4.90 Å². The van der Waals surface area contributed by atoms with E-state index in [0.29, 0.717) is 6.04 Å². The van der Waals surface area contributed by atoms with E-state index >= 15 is 0 Å². The number of rotatable bonds is 5. The van der Waals surface area contributed by atoms with Gasteiger partial charge in [0.1, 0.15) is 5.75 Å². The maximum Gasteiger partial charge on any atom is 0.161 e. The Balaban J connectivity index is 1.80. The van der Waals surface area contributed by atoms with Gasteiger partial charge in [0.2, 0.25) is 0 Å². The Bertz CT molecular complexity index is 841. The highest BCUT2D eigenvalue weighted by Gasteiger charge is 2.32. The summed E-state index contributed by atoms with van der Waals surface area (Å²) in [6, 6.07) is 15.4. The smallest absolute Gasteiger partial charge is 0.161 e. The van der Waals surface area contributed by atoms with E-state index in [4.69, 9.17) is 14.2 Å². The number of hydrogen-bond acceptors (Lipinski definition) is 4. The predicted molar refractivity (Wildman–Crippen MR) is 109 cm³/mol. The molecule has 0 saturated carbocycles. The lowest BCUT2D eigenvalue weighted by molar-refractivity contribution is 0.280. The molecule has 1 saturated heterocycles. The molecule has 0 amide bonds. The van der Waals surface area contributed by atoms with E-state index < -0.39 is 0 Å². The molecule has 2 aliphatic rings. The van der Waals surface area contributed by atoms with Gasteiger partial charge in [0, 0.05) is 12.6 Å². The van der Waals surface area contributed by atoms with Crippen molar-refractivity contribution in [2.75, 3.05) is 34.4 Å². The first kappa shape index (κ1) is 17.9. The number of nitrogens with zero attached hydrogens (tertiary/aromatic N) is 1. The predicted octanol–water partition coefficient (Wildman–Crippen LogP) is 4.49. The highest BCUT2D eigenvalue weighted by Crippen LogP contribution is 2.41. The summed E-state index contributed by atoms with van der Waals surface area (Å²) < 4.78 is 16.3. The molecule has 4 nitrogen and oxygen atoms in total. The van der Waals surface area contributed by atoms with Crippen molar-refractivity contribution in [3.05, 3.63) is 53.6 Å². The monoisotopic (exact) mass is 365 g/mol. The minimum Gasteiger partial charge on any atom is -0.497 e. The summed E-state index contributed by atoms with van der Waals surface area (Å²) in [5.74, 6) is 2.44. The molecule has 4 rings (SSSR count). The van der Waals surface area contributed by atoms with Crippen LogP contribution in [-0.4, -0.2) is 45.4 Å². The lowest BCUT2D eigenvalue weighted by Crippen LogP contribution is -2.35. The fourth-order valence-electron chi connectivity index (χ4n) is 4.37. The molecule has 4 heteroatoms. The number of ether oxygens (including phenoxy) is 3. The van der Waals surface area contributed by atoms with Crippen LogP contribution in [0.2, 0.25) is 0 Å². The first-order valence-electron chi connectivity index (χ1n) is 9.56. The zero-order valence-corrected chi connectivity index (χ0v) is 16.3. The Morgan fingerprint density at radius 2 is 1.56 bits per heavy atom. The average Bonchev–Trinajstić information content (AvgIpc) is 3.20. The molecular weight excluding hydrogens is 338 g/mol. The van der Waals surface area contributed by atoms with Gasteiger partial charge < -0.3 is 14.2 Å². The molecule has 2 aliphatic heterocycles. The Labute approximate surface area is 161 Å². The molecule has 2 aromatic carbocycles. The molecule has 142 valence electrons. The zero-order valence-electron chi connectivity index (χ0n) is 16.3. The molecule has 0 bridgehead atoms. The second-order valence-electron chi connectivity index (χ2n) is 7.23. The number of methoxy groups -OCH3 is 3. The molecular formula is C23H27NO3. The Morgan fingerprint density at radius 3 is 2.26 bits per heavy atom. The van der Waals surface area contributed by atoms with Crippen LogP contribution in [0.3, 0.4) is 0 Å². The van der Waals surface area contributed by atoms with Crippen molar-refractivity contribution in [3.63, 3.8) is 0 Å². The highest BCUT2D eigenvalue weighted by molar-refractivity contribution is 5.93. The molecule has 0 aromatic heterocycles. The number of benzene rings is 2. The summed E-state index contributed by atoms with van der Waals surface area (Å²) in [5, 5.41) is 0. The van der Waals surface area contributed by atoms with Gasteiger partial charge in [-0.05, 0) is 72.3 Å². The molecule has 0 radical (unpaired) electrons. The van der Waals surface area contributed by atoms with Gasteiger partial charge >= 0.3 is 0 Å². The second-order valence-corrected chi connectivity index (χ2v) is 7.23. The van der Waals surface area contributed by atoms with E-state index in [9.17, 15) is 0 Å². The molecule has 0 spiro atoms. The van der Waals surface area contributed by atoms with E-state index in [-0.39, 0.29) is 0 Å². The van der Waals surface area contributed by atoms with E-state index in [1.807, 2.05) is 6.07 Å². The summed E-state index contributed by atoms with van der Waals surface area (Å²) in [7, 11) is 5.08. The second kappa shape index (κ2) is 7.65. The van der Waals surface area contributed by atoms with Crippen LogP contribution in [0.5, 0.6) is 17.2 Å². The van der Waals surface area contributed by atoms with Gasteiger partial charge in [0.25, 0.3) is 0 Å². The lowest BCUT2D eigenvalue weighted by atomic mass is 9.86. The van der Waals surface area contributed by atoms with Crippen LogP contribution >= 0.6 is 0 Å². The van der Waals surface area contributed by atoms with Crippen LogP contribution in [0.1, 0.15) is 30.4 Å². The van der Waals surface area contributed by atoms with Crippen LogP contribution in [-0.2, 0) is 0 Å². The molecule has 1 fully saturated rings. The fraction of sp³-hybridized carbons (Fsp3) is 0.391. The van der Waals surface area contributed by atoms with Gasteiger partial charge in [0.15, 0.2) is 11.5 Å². The normalized spacial score (nSPS) is 19.7. The minimum absolute atomic E-state index is 0.658. The third kappa shape index (κ3) is 3.42. The third-order valence-electron chi connectivity index (χ3n) is 5.83. The number of hydrogen-bond donors (Lipinski definition) is 0. The van der Waals surface area contributed by atoms with Gasteiger partial charge in [0.05, 0.1) is 21.3 Å². The Kier molecular flexibility index (Phi) is 5.08. The topological polar surface area (TPSA) is 30.9 Å². The van der Waals surface area contributed by atoms with Gasteiger partial charge in [-0.15, -0.1) is 0 Å². The SMILES string of the molecule is COc1ccc(C2=C(c3ccc(OC)c(OC)c3)CN3CCCC3C2)cc1. The molecule has 2 aromatic rings. The van der Waals surface area contributed by atoms with Crippen LogP contribution in [0.15, 0.2) is 42.5 Å². The molecule has 0 aliphatic carbocycles. The summed E-state index contributed by atoms with van der Waals surface area (Å²) in [6.45, 7) is 2.18. The molecule has 27 heavy (non-hydrogen) atoms. The summed E-state index contributed by atoms with van der Waals surface area (Å²) in [5.41, 5.74) is 5.32. The Morgan fingerprint density at radius 1 is 0.815 bits per heavy atom. The molecule has 2 heterocycles.